The highest BCUT2D eigenvalue weighted by Gasteiger charge is 2.24. The van der Waals surface area contributed by atoms with E-state index < -0.39 is 21.7 Å². The maximum atomic E-state index is 14.2. The Morgan fingerprint density at radius 2 is 1.93 bits per heavy atom. The van der Waals surface area contributed by atoms with Gasteiger partial charge in [0.2, 0.25) is 15.9 Å². The first kappa shape index (κ1) is 21.8. The molecule has 1 amide bonds. The minimum absolute atomic E-state index is 0.0640. The number of carbonyl (C=O) groups is 1. The van der Waals surface area contributed by atoms with Crippen molar-refractivity contribution in [2.24, 2.45) is 0 Å². The van der Waals surface area contributed by atoms with Crippen molar-refractivity contribution in [2.75, 3.05) is 19.7 Å². The monoisotopic (exact) mass is 409 g/mol. The summed E-state index contributed by atoms with van der Waals surface area (Å²) in [4.78, 5) is 16.4. The third-order valence-corrected chi connectivity index (χ3v) is 6.14. The molecule has 0 atom stereocenters. The molecule has 2 aromatic rings. The van der Waals surface area contributed by atoms with Crippen LogP contribution < -0.4 is 10.1 Å². The third kappa shape index (κ3) is 4.85. The normalized spacial score (nSPS) is 11.5. The number of benzene rings is 1. The van der Waals surface area contributed by atoms with Crippen LogP contribution in [-0.4, -0.2) is 43.3 Å². The van der Waals surface area contributed by atoms with Crippen LogP contribution in [0, 0.1) is 5.82 Å². The number of halogens is 1. The number of sulfonamides is 1. The Morgan fingerprint density at radius 1 is 1.21 bits per heavy atom. The lowest BCUT2D eigenvalue weighted by atomic mass is 10.2. The van der Waals surface area contributed by atoms with E-state index >= 15 is 0 Å². The Labute approximate surface area is 164 Å². The first-order chi connectivity index (χ1) is 13.3. The van der Waals surface area contributed by atoms with Crippen LogP contribution in [0.15, 0.2) is 41.4 Å². The molecule has 1 aromatic carbocycles. The highest BCUT2D eigenvalue weighted by Crippen LogP contribution is 2.20. The van der Waals surface area contributed by atoms with Gasteiger partial charge in [-0.2, -0.15) is 4.31 Å². The second-order valence-electron chi connectivity index (χ2n) is 5.81. The number of hydrogen-bond acceptors (Lipinski definition) is 5. The van der Waals surface area contributed by atoms with Crippen molar-refractivity contribution in [3.8, 4) is 5.88 Å². The second kappa shape index (κ2) is 9.61. The summed E-state index contributed by atoms with van der Waals surface area (Å²) < 4.78 is 46.1. The first-order valence-electron chi connectivity index (χ1n) is 8.99. The van der Waals surface area contributed by atoms with Gasteiger partial charge in [0.25, 0.3) is 5.91 Å². The van der Waals surface area contributed by atoms with Crippen molar-refractivity contribution in [1.82, 2.24) is 14.6 Å². The Kier molecular flexibility index (Phi) is 7.47. The van der Waals surface area contributed by atoms with Crippen molar-refractivity contribution in [3.63, 3.8) is 0 Å². The van der Waals surface area contributed by atoms with Gasteiger partial charge >= 0.3 is 0 Å². The molecule has 0 fully saturated rings. The molecule has 9 heteroatoms. The van der Waals surface area contributed by atoms with Gasteiger partial charge in [-0.25, -0.2) is 17.8 Å². The van der Waals surface area contributed by atoms with E-state index in [2.05, 4.69) is 10.3 Å². The van der Waals surface area contributed by atoms with Crippen molar-refractivity contribution in [2.45, 2.75) is 32.2 Å². The molecule has 0 aliphatic heterocycles. The van der Waals surface area contributed by atoms with Crippen molar-refractivity contribution in [1.29, 1.82) is 0 Å². The van der Waals surface area contributed by atoms with Gasteiger partial charge in [0.1, 0.15) is 5.82 Å². The predicted molar refractivity (Wildman–Crippen MR) is 103 cm³/mol. The van der Waals surface area contributed by atoms with Crippen LogP contribution in [-0.2, 0) is 16.6 Å². The summed E-state index contributed by atoms with van der Waals surface area (Å²) in [7, 11) is -3.80. The number of carbonyl (C=O) groups excluding carboxylic acids is 1. The fraction of sp³-hybridized carbons (Fsp3) is 0.368. The van der Waals surface area contributed by atoms with E-state index in [0.717, 1.165) is 18.2 Å². The maximum Gasteiger partial charge on any atom is 0.254 e. The number of hydrogen-bond donors (Lipinski definition) is 1. The van der Waals surface area contributed by atoms with Gasteiger partial charge in [-0.3, -0.25) is 4.79 Å². The maximum absolute atomic E-state index is 14.2. The molecule has 28 heavy (non-hydrogen) atoms. The van der Waals surface area contributed by atoms with E-state index in [9.17, 15) is 17.6 Å². The number of aromatic nitrogens is 1. The van der Waals surface area contributed by atoms with E-state index in [1.807, 2.05) is 6.92 Å². The molecule has 0 saturated heterocycles. The number of nitrogens with one attached hydrogen (secondary N) is 1. The second-order valence-corrected chi connectivity index (χ2v) is 7.75. The molecule has 152 valence electrons. The molecule has 1 heterocycles. The molecule has 0 bridgehead atoms. The number of pyridine rings is 1. The molecule has 0 saturated carbocycles. The molecular weight excluding hydrogens is 385 g/mol. The average molecular weight is 409 g/mol. The molecule has 0 aliphatic carbocycles. The van der Waals surface area contributed by atoms with Gasteiger partial charge in [0.15, 0.2) is 0 Å². The van der Waals surface area contributed by atoms with E-state index in [1.165, 1.54) is 4.31 Å². The Balaban J connectivity index is 2.25. The fourth-order valence-corrected chi connectivity index (χ4v) is 4.13. The molecule has 2 rings (SSSR count). The van der Waals surface area contributed by atoms with Crippen LogP contribution in [0.5, 0.6) is 5.88 Å². The lowest BCUT2D eigenvalue weighted by molar-refractivity contribution is 0.0946. The Hall–Kier alpha value is -2.52. The standard InChI is InChI=1S/C19H24FN3O4S/c1-4-23(5-2)28(25,26)15-9-10-17(20)16(12-15)18(24)22-13-14-8-7-11-21-19(14)27-6-3/h7-12H,4-6,13H2,1-3H3,(H,22,24). The fourth-order valence-electron chi connectivity index (χ4n) is 2.65. The number of ether oxygens (including phenoxy) is 1. The molecule has 7 nitrogen and oxygen atoms in total. The lowest BCUT2D eigenvalue weighted by Crippen LogP contribution is -2.31. The Morgan fingerprint density at radius 3 is 2.57 bits per heavy atom. The molecular formula is C19H24FN3O4S. The Bertz CT molecular complexity index is 931. The first-order valence-corrected chi connectivity index (χ1v) is 10.4. The topological polar surface area (TPSA) is 88.6 Å². The molecule has 0 aliphatic rings. The van der Waals surface area contributed by atoms with Gasteiger partial charge in [-0.05, 0) is 31.2 Å². The van der Waals surface area contributed by atoms with Gasteiger partial charge in [-0.1, -0.05) is 19.9 Å². The average Bonchev–Trinajstić information content (AvgIpc) is 2.68. The minimum Gasteiger partial charge on any atom is -0.478 e. The lowest BCUT2D eigenvalue weighted by Gasteiger charge is -2.19. The van der Waals surface area contributed by atoms with Crippen LogP contribution >= 0.6 is 0 Å². The number of amides is 1. The van der Waals surface area contributed by atoms with Gasteiger partial charge in [0, 0.05) is 31.4 Å². The van der Waals surface area contributed by atoms with Gasteiger partial charge in [0.05, 0.1) is 17.1 Å². The third-order valence-electron chi connectivity index (χ3n) is 4.10. The molecule has 0 spiro atoms. The number of nitrogens with zero attached hydrogens (tertiary/aromatic N) is 2. The van der Waals surface area contributed by atoms with Crippen LogP contribution in [0.1, 0.15) is 36.7 Å². The molecule has 0 radical (unpaired) electrons. The zero-order valence-electron chi connectivity index (χ0n) is 16.1. The minimum atomic E-state index is -3.80. The largest absolute Gasteiger partial charge is 0.478 e. The summed E-state index contributed by atoms with van der Waals surface area (Å²) >= 11 is 0. The van der Waals surface area contributed by atoms with Crippen molar-refractivity contribution in [3.05, 3.63) is 53.5 Å². The quantitative estimate of drug-likeness (QED) is 0.688. The van der Waals surface area contributed by atoms with Crippen LogP contribution in [0.4, 0.5) is 4.39 Å². The van der Waals surface area contributed by atoms with Crippen molar-refractivity contribution >= 4 is 15.9 Å². The van der Waals surface area contributed by atoms with Crippen LogP contribution in [0.2, 0.25) is 0 Å². The summed E-state index contributed by atoms with van der Waals surface area (Å²) in [5.74, 6) is -1.14. The number of rotatable bonds is 9. The SMILES string of the molecule is CCOc1ncccc1CNC(=O)c1cc(S(=O)(=O)N(CC)CC)ccc1F. The summed E-state index contributed by atoms with van der Waals surface area (Å²) in [6.07, 6.45) is 1.57. The van der Waals surface area contributed by atoms with E-state index in [0.29, 0.717) is 18.1 Å². The van der Waals surface area contributed by atoms with E-state index in [-0.39, 0.29) is 30.1 Å². The zero-order chi connectivity index (χ0) is 20.7. The summed E-state index contributed by atoms with van der Waals surface area (Å²) in [5, 5.41) is 2.58. The van der Waals surface area contributed by atoms with Gasteiger partial charge < -0.3 is 10.1 Å². The van der Waals surface area contributed by atoms with E-state index in [1.54, 1.807) is 32.2 Å². The van der Waals surface area contributed by atoms with Crippen LogP contribution in [0.3, 0.4) is 0 Å². The van der Waals surface area contributed by atoms with Crippen molar-refractivity contribution < 1.29 is 22.3 Å². The molecule has 0 unspecified atom stereocenters. The highest BCUT2D eigenvalue weighted by atomic mass is 32.2. The van der Waals surface area contributed by atoms with E-state index in [4.69, 9.17) is 4.74 Å². The summed E-state index contributed by atoms with van der Waals surface area (Å²) in [6.45, 7) is 6.27. The molecule has 1 N–H and O–H groups in total. The van der Waals surface area contributed by atoms with Gasteiger partial charge in [-0.15, -0.1) is 0 Å². The van der Waals surface area contributed by atoms with Crippen LogP contribution in [0.25, 0.3) is 0 Å². The predicted octanol–water partition coefficient (Wildman–Crippen LogP) is 2.58. The smallest absolute Gasteiger partial charge is 0.254 e. The zero-order valence-corrected chi connectivity index (χ0v) is 16.9. The highest BCUT2D eigenvalue weighted by molar-refractivity contribution is 7.89. The summed E-state index contributed by atoms with van der Waals surface area (Å²) in [6, 6.07) is 6.64. The summed E-state index contributed by atoms with van der Waals surface area (Å²) in [5.41, 5.74) is 0.292. The molecule has 1 aromatic heterocycles.